The van der Waals surface area contributed by atoms with Crippen LogP contribution in [0.4, 0.5) is 0 Å². The number of halogens is 1. The molecule has 0 saturated carbocycles. The Morgan fingerprint density at radius 3 is 2.43 bits per heavy atom. The smallest absolute Gasteiger partial charge is 0.258 e. The minimum Gasteiger partial charge on any atom is -0.289 e. The van der Waals surface area contributed by atoms with E-state index < -0.39 is 0 Å². The Kier molecular flexibility index (Phi) is 2.37. The Bertz CT molecular complexity index is 451. The Morgan fingerprint density at radius 1 is 1.14 bits per heavy atom. The molecule has 0 atom stereocenters. The van der Waals surface area contributed by atoms with Crippen LogP contribution in [0.5, 0.6) is 0 Å². The van der Waals surface area contributed by atoms with E-state index in [0.717, 1.165) is 9.13 Å². The Labute approximate surface area is 94.3 Å². The summed E-state index contributed by atoms with van der Waals surface area (Å²) in [6.45, 7) is 0. The van der Waals surface area contributed by atoms with Gasteiger partial charge in [-0.05, 0) is 28.7 Å². The first-order chi connectivity index (χ1) is 6.68. The summed E-state index contributed by atoms with van der Waals surface area (Å²) in [7, 11) is 0. The second kappa shape index (κ2) is 3.53. The molecule has 0 aromatic heterocycles. The second-order valence-corrected chi connectivity index (χ2v) is 4.02. The Hall–Kier alpha value is -1.17. The third-order valence-electron chi connectivity index (χ3n) is 1.92. The maximum atomic E-state index is 11.3. The lowest BCUT2D eigenvalue weighted by Gasteiger charge is -2.02. The molecule has 0 fully saturated rings. The molecular formula is C10H6INO2. The van der Waals surface area contributed by atoms with Crippen LogP contribution in [0.2, 0.25) is 0 Å². The number of amides is 2. The molecule has 0 unspecified atom stereocenters. The van der Waals surface area contributed by atoms with Crippen molar-refractivity contribution >= 4 is 40.0 Å². The van der Waals surface area contributed by atoms with E-state index in [1.54, 1.807) is 0 Å². The van der Waals surface area contributed by atoms with Crippen molar-refractivity contribution in [2.45, 2.75) is 0 Å². The molecule has 1 N–H and O–H groups in total. The van der Waals surface area contributed by atoms with Crippen LogP contribution in [-0.4, -0.2) is 11.8 Å². The minimum absolute atomic E-state index is 0.320. The molecule has 1 aromatic rings. The monoisotopic (exact) mass is 299 g/mol. The van der Waals surface area contributed by atoms with Crippen molar-refractivity contribution in [2.24, 2.45) is 0 Å². The lowest BCUT2D eigenvalue weighted by molar-refractivity contribution is -0.123. The van der Waals surface area contributed by atoms with E-state index in [9.17, 15) is 9.59 Å². The molecule has 2 rings (SSSR count). The quantitative estimate of drug-likeness (QED) is 0.628. The highest BCUT2D eigenvalue weighted by molar-refractivity contribution is 14.1. The Balaban J connectivity index is 2.51. The number of nitrogens with one attached hydrogen (secondary N) is 1. The number of hydrogen-bond donors (Lipinski definition) is 1. The lowest BCUT2D eigenvalue weighted by atomic mass is 10.1. The number of carbonyl (C=O) groups is 2. The van der Waals surface area contributed by atoms with Crippen LogP contribution in [0, 0.1) is 3.57 Å². The molecule has 3 nitrogen and oxygen atoms in total. The summed E-state index contributed by atoms with van der Waals surface area (Å²) < 4.78 is 0.959. The molecule has 0 aliphatic carbocycles. The highest BCUT2D eigenvalue weighted by Crippen LogP contribution is 2.22. The van der Waals surface area contributed by atoms with E-state index in [4.69, 9.17) is 0 Å². The van der Waals surface area contributed by atoms with Crippen LogP contribution in [0.1, 0.15) is 5.56 Å². The van der Waals surface area contributed by atoms with Gasteiger partial charge in [-0.1, -0.05) is 18.2 Å². The van der Waals surface area contributed by atoms with E-state index in [2.05, 4.69) is 27.9 Å². The van der Waals surface area contributed by atoms with Gasteiger partial charge < -0.3 is 0 Å². The second-order valence-electron chi connectivity index (χ2n) is 2.86. The summed E-state index contributed by atoms with van der Waals surface area (Å²) in [5, 5.41) is 2.22. The van der Waals surface area contributed by atoms with Crippen LogP contribution in [0.25, 0.3) is 5.57 Å². The van der Waals surface area contributed by atoms with Crippen LogP contribution in [0.3, 0.4) is 0 Å². The van der Waals surface area contributed by atoms with Gasteiger partial charge in [0.05, 0.1) is 5.57 Å². The summed E-state index contributed by atoms with van der Waals surface area (Å²) in [5.41, 5.74) is 1.25. The average Bonchev–Trinajstić information content (AvgIpc) is 2.46. The molecule has 1 aliphatic rings. The summed E-state index contributed by atoms with van der Waals surface area (Å²) in [6.07, 6.45) is 1.33. The van der Waals surface area contributed by atoms with Gasteiger partial charge in [-0.25, -0.2) is 0 Å². The fraction of sp³-hybridized carbons (Fsp3) is 0. The van der Waals surface area contributed by atoms with Gasteiger partial charge >= 0.3 is 0 Å². The fourth-order valence-corrected chi connectivity index (χ4v) is 1.97. The number of benzene rings is 1. The van der Waals surface area contributed by atoms with Crippen molar-refractivity contribution in [3.8, 4) is 0 Å². The maximum Gasteiger partial charge on any atom is 0.258 e. The minimum atomic E-state index is -0.343. The van der Waals surface area contributed by atoms with E-state index in [0.29, 0.717) is 5.57 Å². The molecule has 0 radical (unpaired) electrons. The van der Waals surface area contributed by atoms with Gasteiger partial charge in [0.25, 0.3) is 11.8 Å². The van der Waals surface area contributed by atoms with Crippen molar-refractivity contribution < 1.29 is 9.59 Å². The molecular weight excluding hydrogens is 293 g/mol. The predicted octanol–water partition coefficient (Wildman–Crippen LogP) is 1.33. The molecule has 0 spiro atoms. The molecule has 2 amide bonds. The molecule has 0 saturated heterocycles. The van der Waals surface area contributed by atoms with Gasteiger partial charge in [-0.3, -0.25) is 14.9 Å². The van der Waals surface area contributed by atoms with Crippen LogP contribution in [-0.2, 0) is 9.59 Å². The van der Waals surface area contributed by atoms with Crippen molar-refractivity contribution in [3.63, 3.8) is 0 Å². The lowest BCUT2D eigenvalue weighted by Crippen LogP contribution is -2.21. The van der Waals surface area contributed by atoms with Gasteiger partial charge in [-0.15, -0.1) is 0 Å². The van der Waals surface area contributed by atoms with Crippen molar-refractivity contribution in [2.75, 3.05) is 0 Å². The van der Waals surface area contributed by atoms with Crippen LogP contribution >= 0.6 is 22.6 Å². The number of carbonyl (C=O) groups excluding carboxylic acids is 2. The maximum absolute atomic E-state index is 11.3. The third kappa shape index (κ3) is 1.57. The number of hydrogen-bond acceptors (Lipinski definition) is 2. The van der Waals surface area contributed by atoms with Gasteiger partial charge in [0.1, 0.15) is 0 Å². The summed E-state index contributed by atoms with van der Waals surface area (Å²) in [4.78, 5) is 22.3. The number of imide groups is 1. The molecule has 70 valence electrons. The molecule has 14 heavy (non-hydrogen) atoms. The van der Waals surface area contributed by atoms with E-state index >= 15 is 0 Å². The first-order valence-corrected chi connectivity index (χ1v) is 5.08. The first-order valence-electron chi connectivity index (χ1n) is 4.00. The zero-order valence-corrected chi connectivity index (χ0v) is 9.24. The SMILES string of the molecule is O=C1C=C(c2ccccc2I)C(=O)N1. The van der Waals surface area contributed by atoms with Crippen molar-refractivity contribution in [3.05, 3.63) is 39.5 Å². The normalized spacial score (nSPS) is 15.4. The van der Waals surface area contributed by atoms with E-state index in [1.807, 2.05) is 24.3 Å². The average molecular weight is 299 g/mol. The van der Waals surface area contributed by atoms with Gasteiger partial charge in [0.2, 0.25) is 0 Å². The molecule has 1 aliphatic heterocycles. The zero-order chi connectivity index (χ0) is 10.1. The predicted molar refractivity (Wildman–Crippen MR) is 60.3 cm³/mol. The van der Waals surface area contributed by atoms with Gasteiger partial charge in [-0.2, -0.15) is 0 Å². The molecule has 4 heteroatoms. The highest BCUT2D eigenvalue weighted by Gasteiger charge is 2.23. The zero-order valence-electron chi connectivity index (χ0n) is 7.08. The summed E-state index contributed by atoms with van der Waals surface area (Å²) in [5.74, 6) is -0.663. The molecule has 1 heterocycles. The highest BCUT2D eigenvalue weighted by atomic mass is 127. The van der Waals surface area contributed by atoms with Crippen molar-refractivity contribution in [1.29, 1.82) is 0 Å². The number of rotatable bonds is 1. The first kappa shape index (κ1) is 9.39. The third-order valence-corrected chi connectivity index (χ3v) is 2.86. The fourth-order valence-electron chi connectivity index (χ4n) is 1.29. The van der Waals surface area contributed by atoms with Crippen molar-refractivity contribution in [1.82, 2.24) is 5.32 Å². The largest absolute Gasteiger partial charge is 0.289 e. The molecule has 1 aromatic carbocycles. The Morgan fingerprint density at radius 2 is 1.86 bits per heavy atom. The molecule has 0 bridgehead atoms. The topological polar surface area (TPSA) is 46.2 Å². The van der Waals surface area contributed by atoms with Crippen LogP contribution in [0.15, 0.2) is 30.3 Å². The summed E-state index contributed by atoms with van der Waals surface area (Å²) >= 11 is 2.13. The van der Waals surface area contributed by atoms with Gasteiger partial charge in [0, 0.05) is 15.2 Å². The standard InChI is InChI=1S/C10H6INO2/c11-8-4-2-1-3-6(8)7-5-9(13)12-10(7)14/h1-5H,(H,12,13,14). The van der Waals surface area contributed by atoms with E-state index in [-0.39, 0.29) is 11.8 Å². The van der Waals surface area contributed by atoms with E-state index in [1.165, 1.54) is 6.08 Å². The summed E-state index contributed by atoms with van der Waals surface area (Å²) in [6, 6.07) is 7.45. The van der Waals surface area contributed by atoms with Crippen LogP contribution < -0.4 is 5.32 Å². The van der Waals surface area contributed by atoms with Gasteiger partial charge in [0.15, 0.2) is 0 Å².